The molecule has 0 bridgehead atoms. The Morgan fingerprint density at radius 1 is 1.19 bits per heavy atom. The molecule has 5 heteroatoms. The van der Waals surface area contributed by atoms with Gasteiger partial charge in [-0.15, -0.1) is 11.6 Å². The van der Waals surface area contributed by atoms with Crippen LogP contribution < -0.4 is 0 Å². The highest BCUT2D eigenvalue weighted by Gasteiger charge is 2.38. The summed E-state index contributed by atoms with van der Waals surface area (Å²) in [6.07, 6.45) is 7.91. The van der Waals surface area contributed by atoms with E-state index in [-0.39, 0.29) is 0 Å². The maximum Gasteiger partial charge on any atom is 0.160 e. The molecule has 0 radical (unpaired) electrons. The first kappa shape index (κ1) is 13.5. The minimum absolute atomic E-state index is 0.517. The summed E-state index contributed by atoms with van der Waals surface area (Å²) in [5, 5.41) is 0. The summed E-state index contributed by atoms with van der Waals surface area (Å²) in [6.45, 7) is 2.47. The molecule has 4 heterocycles. The number of aromatic nitrogens is 3. The Morgan fingerprint density at radius 2 is 2.14 bits per heavy atom. The van der Waals surface area contributed by atoms with Gasteiger partial charge in [0.2, 0.25) is 0 Å². The van der Waals surface area contributed by atoms with Crippen molar-refractivity contribution in [2.75, 3.05) is 19.0 Å². The molecule has 2 unspecified atom stereocenters. The van der Waals surface area contributed by atoms with Crippen molar-refractivity contribution in [2.24, 2.45) is 0 Å². The van der Waals surface area contributed by atoms with E-state index in [9.17, 15) is 0 Å². The molecule has 0 N–H and O–H groups in total. The third kappa shape index (κ3) is 2.25. The number of imidazole rings is 1. The van der Waals surface area contributed by atoms with E-state index in [2.05, 4.69) is 20.5 Å². The Kier molecular flexibility index (Phi) is 3.59. The van der Waals surface area contributed by atoms with E-state index >= 15 is 0 Å². The van der Waals surface area contributed by atoms with Crippen molar-refractivity contribution < 1.29 is 0 Å². The molecule has 2 atom stereocenters. The highest BCUT2D eigenvalue weighted by atomic mass is 35.5. The van der Waals surface area contributed by atoms with Gasteiger partial charge >= 0.3 is 0 Å². The van der Waals surface area contributed by atoms with Crippen LogP contribution in [-0.2, 0) is 6.42 Å². The highest BCUT2D eigenvalue weighted by molar-refractivity contribution is 6.17. The number of fused-ring (bicyclic) bond motifs is 2. The zero-order valence-corrected chi connectivity index (χ0v) is 13.0. The summed E-state index contributed by atoms with van der Waals surface area (Å²) >= 11 is 6.00. The first-order chi connectivity index (χ1) is 10.4. The van der Waals surface area contributed by atoms with Crippen molar-refractivity contribution in [1.29, 1.82) is 0 Å². The summed E-state index contributed by atoms with van der Waals surface area (Å²) in [4.78, 5) is 12.0. The fourth-order valence-corrected chi connectivity index (χ4v) is 4.28. The van der Waals surface area contributed by atoms with Gasteiger partial charge in [0.1, 0.15) is 11.3 Å². The van der Waals surface area contributed by atoms with Crippen molar-refractivity contribution in [3.8, 4) is 0 Å². The second kappa shape index (κ2) is 5.58. The second-order valence-corrected chi connectivity index (χ2v) is 6.52. The fraction of sp³-hybridized carbons (Fsp3) is 0.625. The molecule has 112 valence electrons. The smallest absolute Gasteiger partial charge is 0.160 e. The van der Waals surface area contributed by atoms with Crippen molar-refractivity contribution in [3.63, 3.8) is 0 Å². The third-order valence-corrected chi connectivity index (χ3v) is 5.18. The first-order valence-electron chi connectivity index (χ1n) is 8.00. The molecule has 0 spiro atoms. The average molecular weight is 305 g/mol. The highest BCUT2D eigenvalue weighted by Crippen LogP contribution is 2.37. The van der Waals surface area contributed by atoms with Gasteiger partial charge in [-0.1, -0.05) is 6.42 Å². The Balaban J connectivity index is 1.79. The summed E-state index contributed by atoms with van der Waals surface area (Å²) < 4.78 is 2.40. The van der Waals surface area contributed by atoms with Crippen LogP contribution in [0.25, 0.3) is 11.2 Å². The van der Waals surface area contributed by atoms with Crippen LogP contribution in [0.5, 0.6) is 0 Å². The van der Waals surface area contributed by atoms with Crippen LogP contribution in [-0.4, -0.2) is 44.4 Å². The summed E-state index contributed by atoms with van der Waals surface area (Å²) in [6, 6.07) is 5.20. The van der Waals surface area contributed by atoms with Crippen LogP contribution in [0.1, 0.15) is 37.5 Å². The fourth-order valence-electron chi connectivity index (χ4n) is 4.11. The lowest BCUT2D eigenvalue weighted by Crippen LogP contribution is -2.38. The minimum Gasteiger partial charge on any atom is -0.308 e. The molecule has 2 saturated heterocycles. The molecule has 4 rings (SSSR count). The number of hydrogen-bond acceptors (Lipinski definition) is 3. The topological polar surface area (TPSA) is 34.0 Å². The van der Waals surface area contributed by atoms with E-state index in [1.807, 2.05) is 12.3 Å². The number of hydrogen-bond donors (Lipinski definition) is 0. The first-order valence-corrected chi connectivity index (χ1v) is 8.54. The molecule has 2 aromatic heterocycles. The Labute approximate surface area is 130 Å². The molecule has 0 saturated carbocycles. The summed E-state index contributed by atoms with van der Waals surface area (Å²) in [5.74, 6) is 1.72. The van der Waals surface area contributed by atoms with E-state index in [4.69, 9.17) is 16.6 Å². The number of halogens is 1. The molecule has 0 aliphatic carbocycles. The molecular formula is C16H21ClN4. The average Bonchev–Trinajstić information content (AvgIpc) is 3.08. The van der Waals surface area contributed by atoms with Gasteiger partial charge in [-0.05, 0) is 37.9 Å². The van der Waals surface area contributed by atoms with Crippen molar-refractivity contribution in [1.82, 2.24) is 19.4 Å². The number of alkyl halides is 1. The minimum atomic E-state index is 0.517. The van der Waals surface area contributed by atoms with Gasteiger partial charge in [0.05, 0.1) is 6.04 Å². The van der Waals surface area contributed by atoms with Gasteiger partial charge in [0.25, 0.3) is 0 Å². The Bertz CT molecular complexity index is 638. The van der Waals surface area contributed by atoms with Gasteiger partial charge in [-0.25, -0.2) is 9.97 Å². The second-order valence-electron chi connectivity index (χ2n) is 6.14. The Morgan fingerprint density at radius 3 is 3.05 bits per heavy atom. The number of aryl methyl sites for hydroxylation is 1. The molecule has 2 aliphatic heterocycles. The van der Waals surface area contributed by atoms with Crippen LogP contribution in [0.15, 0.2) is 18.3 Å². The van der Waals surface area contributed by atoms with Crippen LogP contribution in [0.3, 0.4) is 0 Å². The maximum absolute atomic E-state index is 6.00. The SMILES string of the molecule is ClCCc1nc2cccnc2n1C1CCN2CCCCC12. The molecular weight excluding hydrogens is 284 g/mol. The quantitative estimate of drug-likeness (QED) is 0.818. The van der Waals surface area contributed by atoms with E-state index in [0.29, 0.717) is 18.0 Å². The standard InChI is InChI=1S/C16H21ClN4/c17-8-6-15-19-12-4-3-9-18-16(12)21(15)14-7-11-20-10-2-1-5-13(14)20/h3-4,9,13-14H,1-2,5-8,10-11H2. The van der Waals surface area contributed by atoms with Crippen LogP contribution >= 0.6 is 11.6 Å². The molecule has 2 aliphatic rings. The van der Waals surface area contributed by atoms with Crippen LogP contribution in [0, 0.1) is 0 Å². The summed E-state index contributed by atoms with van der Waals surface area (Å²) in [7, 11) is 0. The molecule has 0 aromatic carbocycles. The van der Waals surface area contributed by atoms with E-state index in [1.54, 1.807) is 0 Å². The number of piperidine rings is 1. The van der Waals surface area contributed by atoms with Crippen LogP contribution in [0.2, 0.25) is 0 Å². The van der Waals surface area contributed by atoms with Crippen molar-refractivity contribution in [3.05, 3.63) is 24.2 Å². The molecule has 4 nitrogen and oxygen atoms in total. The van der Waals surface area contributed by atoms with Crippen molar-refractivity contribution >= 4 is 22.8 Å². The Hall–Kier alpha value is -1.13. The van der Waals surface area contributed by atoms with Crippen LogP contribution in [0.4, 0.5) is 0 Å². The molecule has 2 fully saturated rings. The number of rotatable bonds is 3. The number of nitrogens with zero attached hydrogens (tertiary/aromatic N) is 4. The zero-order chi connectivity index (χ0) is 14.2. The van der Waals surface area contributed by atoms with E-state index in [0.717, 1.165) is 23.4 Å². The molecule has 2 aromatic rings. The van der Waals surface area contributed by atoms with Gasteiger partial charge in [-0.3, -0.25) is 4.90 Å². The van der Waals surface area contributed by atoms with Gasteiger partial charge in [0.15, 0.2) is 5.65 Å². The zero-order valence-electron chi connectivity index (χ0n) is 12.2. The molecule has 21 heavy (non-hydrogen) atoms. The lowest BCUT2D eigenvalue weighted by atomic mass is 9.98. The monoisotopic (exact) mass is 304 g/mol. The van der Waals surface area contributed by atoms with Gasteiger partial charge < -0.3 is 4.57 Å². The summed E-state index contributed by atoms with van der Waals surface area (Å²) in [5.41, 5.74) is 2.04. The lowest BCUT2D eigenvalue weighted by Gasteiger charge is -2.33. The van der Waals surface area contributed by atoms with E-state index in [1.165, 1.54) is 38.8 Å². The largest absolute Gasteiger partial charge is 0.308 e. The van der Waals surface area contributed by atoms with Gasteiger partial charge in [0, 0.05) is 31.1 Å². The molecule has 0 amide bonds. The van der Waals surface area contributed by atoms with Crippen molar-refractivity contribution in [2.45, 2.75) is 44.2 Å². The number of pyridine rings is 1. The van der Waals surface area contributed by atoms with Gasteiger partial charge in [-0.2, -0.15) is 0 Å². The van der Waals surface area contributed by atoms with E-state index < -0.39 is 0 Å². The predicted molar refractivity (Wildman–Crippen MR) is 84.8 cm³/mol. The predicted octanol–water partition coefficient (Wildman–Crippen LogP) is 3.01. The lowest BCUT2D eigenvalue weighted by molar-refractivity contribution is 0.173. The third-order valence-electron chi connectivity index (χ3n) is 4.99. The maximum atomic E-state index is 6.00. The normalized spacial score (nSPS) is 26.3.